The summed E-state index contributed by atoms with van der Waals surface area (Å²) in [6.45, 7) is 0.880. The monoisotopic (exact) mass is 235 g/mol. The number of carbonyl (C=O) groups is 1. The quantitative estimate of drug-likeness (QED) is 0.633. The largest absolute Gasteiger partial charge is 0.384 e. The zero-order valence-electron chi connectivity index (χ0n) is 9.13. The third-order valence-corrected chi connectivity index (χ3v) is 2.26. The normalized spacial score (nSPS) is 10.4. The molecule has 17 heavy (non-hydrogen) atoms. The molecule has 0 saturated carbocycles. The van der Waals surface area contributed by atoms with Crippen LogP contribution in [0.25, 0.3) is 0 Å². The summed E-state index contributed by atoms with van der Waals surface area (Å²) in [5, 5.41) is 13.0. The zero-order chi connectivity index (χ0) is 12.1. The highest BCUT2D eigenvalue weighted by atomic mass is 16.1. The van der Waals surface area contributed by atoms with Crippen LogP contribution in [-0.2, 0) is 17.9 Å². The zero-order valence-corrected chi connectivity index (χ0v) is 9.13. The van der Waals surface area contributed by atoms with Crippen molar-refractivity contribution in [3.63, 3.8) is 0 Å². The van der Waals surface area contributed by atoms with Crippen LogP contribution >= 0.6 is 0 Å². The van der Waals surface area contributed by atoms with Gasteiger partial charge in [-0.25, -0.2) is 4.98 Å². The van der Waals surface area contributed by atoms with Crippen LogP contribution in [0.15, 0.2) is 18.9 Å². The Labute approximate surface area is 97.2 Å². The second-order valence-electron chi connectivity index (χ2n) is 3.49. The molecule has 0 aliphatic rings. The van der Waals surface area contributed by atoms with E-state index in [-0.39, 0.29) is 5.91 Å². The van der Waals surface area contributed by atoms with E-state index in [1.165, 1.54) is 6.33 Å². The van der Waals surface area contributed by atoms with Gasteiger partial charge in [-0.1, -0.05) is 0 Å². The predicted octanol–water partition coefficient (Wildman–Crippen LogP) is -0.710. The van der Waals surface area contributed by atoms with Crippen LogP contribution in [0.1, 0.15) is 12.0 Å². The van der Waals surface area contributed by atoms with Gasteiger partial charge in [0.2, 0.25) is 5.91 Å². The number of amides is 1. The highest BCUT2D eigenvalue weighted by Crippen LogP contribution is 2.04. The van der Waals surface area contributed by atoms with Crippen molar-refractivity contribution >= 4 is 11.7 Å². The first kappa shape index (κ1) is 11.1. The van der Waals surface area contributed by atoms with Gasteiger partial charge in [-0.15, -0.1) is 0 Å². The van der Waals surface area contributed by atoms with Crippen molar-refractivity contribution in [1.29, 1.82) is 0 Å². The van der Waals surface area contributed by atoms with Crippen molar-refractivity contribution in [2.24, 2.45) is 0 Å². The summed E-state index contributed by atoms with van der Waals surface area (Å²) in [5.74, 6) is 0.405. The molecular formula is C9H13N7O. The molecule has 2 aromatic rings. The average Bonchev–Trinajstić information content (AvgIpc) is 2.95. The number of nitrogens with one attached hydrogen (secondary N) is 2. The Kier molecular flexibility index (Phi) is 3.34. The summed E-state index contributed by atoms with van der Waals surface area (Å²) in [6.07, 6.45) is 4.94. The predicted molar refractivity (Wildman–Crippen MR) is 59.5 cm³/mol. The minimum atomic E-state index is -0.0684. The number of anilines is 1. The molecule has 0 fully saturated rings. The molecule has 2 rings (SSSR count). The second-order valence-corrected chi connectivity index (χ2v) is 3.49. The van der Waals surface area contributed by atoms with Gasteiger partial charge in [0.15, 0.2) is 0 Å². The molecule has 0 saturated heterocycles. The first-order chi connectivity index (χ1) is 8.25. The Bertz CT molecular complexity index is 475. The topological polar surface area (TPSA) is 115 Å². The lowest BCUT2D eigenvalue weighted by molar-refractivity contribution is -0.121. The van der Waals surface area contributed by atoms with Gasteiger partial charge in [-0.05, 0) is 0 Å². The number of aromatic amines is 1. The first-order valence-corrected chi connectivity index (χ1v) is 5.12. The number of hydrogen-bond acceptors (Lipinski definition) is 5. The number of nitrogens with zero attached hydrogens (tertiary/aromatic N) is 4. The second kappa shape index (κ2) is 5.10. The Morgan fingerprint density at radius 2 is 2.47 bits per heavy atom. The fourth-order valence-corrected chi connectivity index (χ4v) is 1.31. The number of carbonyl (C=O) groups excluding carboxylic acids is 1. The molecule has 8 heteroatoms. The van der Waals surface area contributed by atoms with Crippen LogP contribution in [0, 0.1) is 0 Å². The van der Waals surface area contributed by atoms with E-state index in [0.717, 1.165) is 5.56 Å². The molecule has 0 bridgehead atoms. The van der Waals surface area contributed by atoms with Gasteiger partial charge >= 0.3 is 0 Å². The van der Waals surface area contributed by atoms with Crippen molar-refractivity contribution in [1.82, 2.24) is 30.3 Å². The Morgan fingerprint density at radius 3 is 3.12 bits per heavy atom. The van der Waals surface area contributed by atoms with E-state index in [2.05, 4.69) is 25.6 Å². The molecule has 8 nitrogen and oxygen atoms in total. The standard InChI is InChI=1S/C9H13N7O/c10-9-7(4-13-15-9)3-12-8(17)1-2-16-6-11-5-14-16/h4-6H,1-3H2,(H,12,17)(H3,10,13,15). The van der Waals surface area contributed by atoms with Gasteiger partial charge in [-0.2, -0.15) is 10.2 Å². The molecule has 0 aliphatic carbocycles. The lowest BCUT2D eigenvalue weighted by Gasteiger charge is -2.04. The Morgan fingerprint density at radius 1 is 1.59 bits per heavy atom. The molecule has 2 aromatic heterocycles. The van der Waals surface area contributed by atoms with E-state index in [4.69, 9.17) is 5.73 Å². The van der Waals surface area contributed by atoms with Crippen molar-refractivity contribution in [2.75, 3.05) is 5.73 Å². The summed E-state index contributed by atoms with van der Waals surface area (Å²) in [6, 6.07) is 0. The van der Waals surface area contributed by atoms with E-state index in [1.54, 1.807) is 17.2 Å². The minimum absolute atomic E-state index is 0.0684. The summed E-state index contributed by atoms with van der Waals surface area (Å²) in [7, 11) is 0. The first-order valence-electron chi connectivity index (χ1n) is 5.12. The summed E-state index contributed by atoms with van der Waals surface area (Å²) in [4.78, 5) is 15.3. The molecule has 0 unspecified atom stereocenters. The molecule has 0 atom stereocenters. The number of nitrogen functional groups attached to an aromatic ring is 1. The van der Waals surface area contributed by atoms with E-state index < -0.39 is 0 Å². The smallest absolute Gasteiger partial charge is 0.222 e. The van der Waals surface area contributed by atoms with Crippen LogP contribution in [0.2, 0.25) is 0 Å². The molecule has 90 valence electrons. The average molecular weight is 235 g/mol. The Balaban J connectivity index is 1.73. The van der Waals surface area contributed by atoms with Gasteiger partial charge in [0.25, 0.3) is 0 Å². The van der Waals surface area contributed by atoms with Crippen LogP contribution in [0.4, 0.5) is 5.82 Å². The SMILES string of the molecule is Nc1[nH]ncc1CNC(=O)CCn1cncn1. The molecule has 0 aromatic carbocycles. The molecule has 0 aliphatic heterocycles. The van der Waals surface area contributed by atoms with Crippen molar-refractivity contribution in [3.8, 4) is 0 Å². The lowest BCUT2D eigenvalue weighted by atomic mass is 10.3. The highest BCUT2D eigenvalue weighted by Gasteiger charge is 2.05. The summed E-state index contributed by atoms with van der Waals surface area (Å²) in [5.41, 5.74) is 6.36. The maximum Gasteiger partial charge on any atom is 0.222 e. The number of nitrogens with two attached hydrogens (primary N) is 1. The number of aromatic nitrogens is 5. The van der Waals surface area contributed by atoms with Gasteiger partial charge in [0.05, 0.1) is 12.7 Å². The number of rotatable bonds is 5. The van der Waals surface area contributed by atoms with E-state index >= 15 is 0 Å². The minimum Gasteiger partial charge on any atom is -0.384 e. The van der Waals surface area contributed by atoms with E-state index in [1.807, 2.05) is 0 Å². The van der Waals surface area contributed by atoms with E-state index in [9.17, 15) is 4.79 Å². The number of H-pyrrole nitrogens is 1. The van der Waals surface area contributed by atoms with Crippen molar-refractivity contribution in [2.45, 2.75) is 19.5 Å². The lowest BCUT2D eigenvalue weighted by Crippen LogP contribution is -2.24. The fraction of sp³-hybridized carbons (Fsp3) is 0.333. The molecule has 4 N–H and O–H groups in total. The van der Waals surface area contributed by atoms with Gasteiger partial charge in [0.1, 0.15) is 18.5 Å². The van der Waals surface area contributed by atoms with E-state index in [0.29, 0.717) is 25.3 Å². The van der Waals surface area contributed by atoms with Gasteiger partial charge in [0, 0.05) is 18.5 Å². The van der Waals surface area contributed by atoms with Gasteiger partial charge < -0.3 is 11.1 Å². The third kappa shape index (κ3) is 3.03. The van der Waals surface area contributed by atoms with Crippen molar-refractivity contribution < 1.29 is 4.79 Å². The van der Waals surface area contributed by atoms with Gasteiger partial charge in [-0.3, -0.25) is 14.6 Å². The maximum absolute atomic E-state index is 11.5. The van der Waals surface area contributed by atoms with Crippen molar-refractivity contribution in [3.05, 3.63) is 24.4 Å². The van der Waals surface area contributed by atoms with Crippen LogP contribution in [-0.4, -0.2) is 30.9 Å². The molecule has 1 amide bonds. The molecule has 0 radical (unpaired) electrons. The Hall–Kier alpha value is -2.38. The molecule has 0 spiro atoms. The third-order valence-electron chi connectivity index (χ3n) is 2.26. The number of hydrogen-bond donors (Lipinski definition) is 3. The summed E-state index contributed by atoms with van der Waals surface area (Å²) >= 11 is 0. The summed E-state index contributed by atoms with van der Waals surface area (Å²) < 4.78 is 1.60. The maximum atomic E-state index is 11.5. The fourth-order valence-electron chi connectivity index (χ4n) is 1.31. The molecule has 2 heterocycles. The van der Waals surface area contributed by atoms with Crippen LogP contribution in [0.5, 0.6) is 0 Å². The molecular weight excluding hydrogens is 222 g/mol. The van der Waals surface area contributed by atoms with Crippen LogP contribution < -0.4 is 11.1 Å². The number of aryl methyl sites for hydroxylation is 1. The van der Waals surface area contributed by atoms with Crippen LogP contribution in [0.3, 0.4) is 0 Å². The highest BCUT2D eigenvalue weighted by molar-refractivity contribution is 5.75.